The number of rotatable bonds is 16. The first-order chi connectivity index (χ1) is 23.8. The highest BCUT2D eigenvalue weighted by Crippen LogP contribution is 2.40. The number of ether oxygens (including phenoxy) is 1. The van der Waals surface area contributed by atoms with Crippen LogP contribution in [0.2, 0.25) is 10.0 Å². The number of carboxylic acids is 1. The molecule has 15 heteroatoms. The summed E-state index contributed by atoms with van der Waals surface area (Å²) in [6, 6.07) is 12.0. The van der Waals surface area contributed by atoms with E-state index in [1.54, 1.807) is 24.4 Å². The van der Waals surface area contributed by atoms with E-state index in [-0.39, 0.29) is 22.8 Å². The van der Waals surface area contributed by atoms with Crippen LogP contribution in [-0.4, -0.2) is 85.7 Å². The molecular formula is C36H43Cl2F2N4O5S2+. The summed E-state index contributed by atoms with van der Waals surface area (Å²) in [6.45, 7) is 4.78. The van der Waals surface area contributed by atoms with Crippen molar-refractivity contribution < 1.29 is 36.3 Å². The number of aromatic nitrogens is 2. The number of benzene rings is 3. The molecule has 1 atom stereocenters. The van der Waals surface area contributed by atoms with Gasteiger partial charge in [0.1, 0.15) is 23.4 Å². The van der Waals surface area contributed by atoms with Gasteiger partial charge in [-0.2, -0.15) is 4.31 Å². The highest BCUT2D eigenvalue weighted by atomic mass is 35.5. The summed E-state index contributed by atoms with van der Waals surface area (Å²) in [7, 11) is 4.34. The Morgan fingerprint density at radius 3 is 2.31 bits per heavy atom. The van der Waals surface area contributed by atoms with Gasteiger partial charge in [-0.25, -0.2) is 22.2 Å². The van der Waals surface area contributed by atoms with Crippen LogP contribution in [0.25, 0.3) is 5.69 Å². The molecule has 0 fully saturated rings. The van der Waals surface area contributed by atoms with Crippen molar-refractivity contribution in [3.05, 3.63) is 99.3 Å². The number of carbonyl (C=O) groups is 1. The largest absolute Gasteiger partial charge is 0.495 e. The number of unbranched alkanes of at least 4 members (excludes halogenated alkanes) is 1. The molecule has 4 aromatic rings. The third-order valence-electron chi connectivity index (χ3n) is 8.75. The number of nitrogens with zero attached hydrogens (tertiary/aromatic N) is 4. The number of quaternary nitrogens is 1. The van der Waals surface area contributed by atoms with Gasteiger partial charge in [0.2, 0.25) is 10.0 Å². The Labute approximate surface area is 312 Å². The molecule has 51 heavy (non-hydrogen) atoms. The van der Waals surface area contributed by atoms with Crippen molar-refractivity contribution in [1.29, 1.82) is 0 Å². The smallest absolute Gasteiger partial charge is 0.322 e. The van der Waals surface area contributed by atoms with Crippen molar-refractivity contribution in [3.8, 4) is 11.4 Å². The molecule has 0 aliphatic rings. The topological polar surface area (TPSA) is 102 Å². The fourth-order valence-electron chi connectivity index (χ4n) is 5.64. The maximum atomic E-state index is 15.7. The number of thioether (sulfide) groups is 1. The SMILES string of the molecule is COc1cc(C(C)(C)c2cnc(SCc3c(F)cc(S(=O)(=O)N(C)[C@H](CCCC[N+](C)(C)C)C(=O)O)cc3Cl)n2-c2ccc(F)cc2)ccc1Cl. The first-order valence-corrected chi connectivity index (χ1v) is 19.3. The minimum atomic E-state index is -4.42. The van der Waals surface area contributed by atoms with Gasteiger partial charge in [0.25, 0.3) is 0 Å². The van der Waals surface area contributed by atoms with E-state index >= 15 is 4.39 Å². The van der Waals surface area contributed by atoms with Crippen LogP contribution >= 0.6 is 35.0 Å². The second-order valence-electron chi connectivity index (χ2n) is 13.8. The number of likely N-dealkylation sites (N-methyl/N-ethyl adjacent to an activating group) is 1. The molecule has 0 aliphatic heterocycles. The van der Waals surface area contributed by atoms with Gasteiger partial charge >= 0.3 is 5.97 Å². The Morgan fingerprint density at radius 1 is 1.06 bits per heavy atom. The zero-order valence-corrected chi connectivity index (χ0v) is 32.7. The molecule has 0 spiro atoms. The molecule has 0 bridgehead atoms. The molecule has 4 rings (SSSR count). The normalized spacial score (nSPS) is 13.1. The highest BCUT2D eigenvalue weighted by molar-refractivity contribution is 7.98. The third kappa shape index (κ3) is 9.43. The van der Waals surface area contributed by atoms with E-state index in [0.717, 1.165) is 46.0 Å². The van der Waals surface area contributed by atoms with E-state index in [9.17, 15) is 22.7 Å². The Bertz CT molecular complexity index is 1960. The molecular weight excluding hydrogens is 741 g/mol. The fourth-order valence-corrected chi connectivity index (χ4v) is 8.66. The van der Waals surface area contributed by atoms with Gasteiger partial charge in [-0.1, -0.05) is 54.9 Å². The van der Waals surface area contributed by atoms with Crippen molar-refractivity contribution in [2.75, 3.05) is 41.8 Å². The van der Waals surface area contributed by atoms with E-state index < -0.39 is 44.0 Å². The van der Waals surface area contributed by atoms with Gasteiger partial charge in [0.15, 0.2) is 5.16 Å². The minimum Gasteiger partial charge on any atom is -0.495 e. The van der Waals surface area contributed by atoms with Gasteiger partial charge in [-0.3, -0.25) is 9.36 Å². The number of hydrogen-bond acceptors (Lipinski definition) is 6. The van der Waals surface area contributed by atoms with Crippen molar-refractivity contribution in [2.45, 2.75) is 60.4 Å². The van der Waals surface area contributed by atoms with Crippen LogP contribution in [0.1, 0.15) is 49.9 Å². The summed E-state index contributed by atoms with van der Waals surface area (Å²) in [4.78, 5) is 16.3. The number of imidazole rings is 1. The molecule has 0 amide bonds. The first-order valence-electron chi connectivity index (χ1n) is 16.1. The van der Waals surface area contributed by atoms with Crippen LogP contribution < -0.4 is 4.74 Å². The standard InChI is InChI=1S/C36H42Cl2F2N4O5S2/c1-36(2,23-11-16-28(37)32(18-23)49-7)33-21-41-35(43(33)25-14-12-24(39)13-15-25)50-22-27-29(38)19-26(20-30(27)40)51(47,48)42(3)31(34(45)46)10-8-9-17-44(4,5)6/h11-16,18-21,31H,8-10,17,22H2,1-7H3/p+1/t31-/m1/s1. The Kier molecular flexibility index (Phi) is 12.9. The van der Waals surface area contributed by atoms with Gasteiger partial charge in [0, 0.05) is 34.5 Å². The second-order valence-corrected chi connectivity index (χ2v) is 17.5. The summed E-state index contributed by atoms with van der Waals surface area (Å²) in [5.74, 6) is -2.11. The summed E-state index contributed by atoms with van der Waals surface area (Å²) in [5.41, 5.74) is 1.59. The number of halogens is 4. The van der Waals surface area contributed by atoms with Crippen molar-refractivity contribution in [1.82, 2.24) is 13.9 Å². The lowest BCUT2D eigenvalue weighted by atomic mass is 9.81. The summed E-state index contributed by atoms with van der Waals surface area (Å²) in [6.07, 6.45) is 3.00. The van der Waals surface area contributed by atoms with Gasteiger partial charge in [-0.05, 0) is 73.4 Å². The van der Waals surface area contributed by atoms with Crippen LogP contribution in [0, 0.1) is 11.6 Å². The molecule has 0 radical (unpaired) electrons. The Balaban J connectivity index is 1.64. The van der Waals surface area contributed by atoms with Gasteiger partial charge in [0.05, 0.1) is 56.6 Å². The lowest BCUT2D eigenvalue weighted by Crippen LogP contribution is -2.42. The van der Waals surface area contributed by atoms with E-state index in [1.165, 1.54) is 26.3 Å². The number of sulfonamides is 1. The molecule has 1 aromatic heterocycles. The molecule has 0 saturated carbocycles. The minimum absolute atomic E-state index is 0.0300. The summed E-state index contributed by atoms with van der Waals surface area (Å²) >= 11 is 14.0. The summed E-state index contributed by atoms with van der Waals surface area (Å²) in [5, 5.41) is 10.6. The molecule has 0 aliphatic carbocycles. The average molecular weight is 785 g/mol. The molecule has 3 aromatic carbocycles. The molecule has 1 heterocycles. The monoisotopic (exact) mass is 783 g/mol. The average Bonchev–Trinajstić information content (AvgIpc) is 3.48. The summed E-state index contributed by atoms with van der Waals surface area (Å²) < 4.78 is 65.5. The van der Waals surface area contributed by atoms with Gasteiger partial charge in [-0.15, -0.1) is 0 Å². The predicted octanol–water partition coefficient (Wildman–Crippen LogP) is 8.03. The van der Waals surface area contributed by atoms with Crippen LogP contribution in [0.15, 0.2) is 70.8 Å². The molecule has 276 valence electrons. The lowest BCUT2D eigenvalue weighted by molar-refractivity contribution is -0.870. The number of carboxylic acid groups (broad SMARTS) is 1. The maximum Gasteiger partial charge on any atom is 0.322 e. The molecule has 1 N–H and O–H groups in total. The first kappa shape index (κ1) is 40.6. The van der Waals surface area contributed by atoms with Crippen molar-refractivity contribution >= 4 is 51.0 Å². The van der Waals surface area contributed by atoms with Gasteiger partial charge < -0.3 is 14.3 Å². The zero-order valence-electron chi connectivity index (χ0n) is 29.6. The Hall–Kier alpha value is -3.20. The third-order valence-corrected chi connectivity index (χ3v) is 12.2. The van der Waals surface area contributed by atoms with Crippen LogP contribution in [0.3, 0.4) is 0 Å². The predicted molar refractivity (Wildman–Crippen MR) is 198 cm³/mol. The second kappa shape index (κ2) is 16.2. The van der Waals surface area contributed by atoms with Crippen molar-refractivity contribution in [2.24, 2.45) is 0 Å². The number of methoxy groups -OCH3 is 1. The van der Waals surface area contributed by atoms with Crippen LogP contribution in [-0.2, 0) is 26.0 Å². The zero-order chi connectivity index (χ0) is 37.9. The van der Waals surface area contributed by atoms with E-state index in [0.29, 0.717) is 38.9 Å². The molecule has 0 unspecified atom stereocenters. The molecule has 9 nitrogen and oxygen atoms in total. The highest BCUT2D eigenvalue weighted by Gasteiger charge is 2.34. The number of hydrogen-bond donors (Lipinski definition) is 1. The van der Waals surface area contributed by atoms with Crippen LogP contribution in [0.4, 0.5) is 8.78 Å². The molecule has 0 saturated heterocycles. The number of aliphatic carboxylic acids is 1. The Morgan fingerprint density at radius 2 is 1.73 bits per heavy atom. The lowest BCUT2D eigenvalue weighted by Gasteiger charge is -2.28. The van der Waals surface area contributed by atoms with E-state index in [4.69, 9.17) is 27.9 Å². The quantitative estimate of drug-likeness (QED) is 0.0698. The van der Waals surface area contributed by atoms with E-state index in [1.807, 2.05) is 51.7 Å². The fraction of sp³-hybridized carbons (Fsp3) is 0.389. The van der Waals surface area contributed by atoms with E-state index in [2.05, 4.69) is 4.98 Å². The maximum absolute atomic E-state index is 15.7. The van der Waals surface area contributed by atoms with Crippen molar-refractivity contribution in [3.63, 3.8) is 0 Å². The van der Waals surface area contributed by atoms with Crippen LogP contribution in [0.5, 0.6) is 5.75 Å².